The molecule has 2 heterocycles. The van der Waals surface area contributed by atoms with Gasteiger partial charge in [-0.25, -0.2) is 4.98 Å². The molecule has 6 nitrogen and oxygen atoms in total. The van der Waals surface area contributed by atoms with E-state index in [4.69, 9.17) is 4.74 Å². The highest BCUT2D eigenvalue weighted by Gasteiger charge is 2.17. The monoisotopic (exact) mass is 290 g/mol. The summed E-state index contributed by atoms with van der Waals surface area (Å²) in [7, 11) is 1.67. The summed E-state index contributed by atoms with van der Waals surface area (Å²) in [6, 6.07) is 3.68. The zero-order valence-electron chi connectivity index (χ0n) is 12.5. The maximum absolute atomic E-state index is 12.3. The van der Waals surface area contributed by atoms with Gasteiger partial charge in [-0.3, -0.25) is 4.79 Å². The number of carbonyl (C=O) groups is 1. The van der Waals surface area contributed by atoms with Crippen LogP contribution in [0.25, 0.3) is 0 Å². The molecular weight excluding hydrogens is 268 g/mol. The largest absolute Gasteiger partial charge is 0.383 e. The summed E-state index contributed by atoms with van der Waals surface area (Å²) in [5.41, 5.74) is 0.975. The number of ether oxygens (including phenoxy) is 1. The minimum absolute atomic E-state index is 0.0215. The molecule has 114 valence electrons. The Morgan fingerprint density at radius 1 is 1.43 bits per heavy atom. The number of hydrogen-bond donors (Lipinski definition) is 1. The summed E-state index contributed by atoms with van der Waals surface area (Å²) in [5, 5.41) is 2.98. The van der Waals surface area contributed by atoms with Crippen LogP contribution in [0.4, 0.5) is 0 Å². The first-order chi connectivity index (χ1) is 10.3. The molecule has 21 heavy (non-hydrogen) atoms. The van der Waals surface area contributed by atoms with Gasteiger partial charge < -0.3 is 19.2 Å². The van der Waals surface area contributed by atoms with E-state index in [1.807, 2.05) is 40.6 Å². The SMILES string of the molecule is CCC(C(=O)NCc1cncn1CCOC)n1cccc1. The molecule has 0 saturated heterocycles. The molecule has 0 spiro atoms. The van der Waals surface area contributed by atoms with Crippen LogP contribution >= 0.6 is 0 Å². The fourth-order valence-electron chi connectivity index (χ4n) is 2.27. The topological polar surface area (TPSA) is 61.1 Å². The molecule has 0 fully saturated rings. The second kappa shape index (κ2) is 7.64. The number of imidazole rings is 1. The van der Waals surface area contributed by atoms with Crippen molar-refractivity contribution in [3.63, 3.8) is 0 Å². The van der Waals surface area contributed by atoms with Gasteiger partial charge in [0.05, 0.1) is 25.2 Å². The van der Waals surface area contributed by atoms with Crippen molar-refractivity contribution in [3.8, 4) is 0 Å². The van der Waals surface area contributed by atoms with Gasteiger partial charge in [-0.2, -0.15) is 0 Å². The van der Waals surface area contributed by atoms with E-state index in [-0.39, 0.29) is 11.9 Å². The van der Waals surface area contributed by atoms with Crippen LogP contribution in [-0.4, -0.2) is 33.7 Å². The Balaban J connectivity index is 1.93. The molecule has 0 aliphatic rings. The van der Waals surface area contributed by atoms with Gasteiger partial charge in [0.15, 0.2) is 0 Å². The van der Waals surface area contributed by atoms with Crippen LogP contribution in [0, 0.1) is 0 Å². The van der Waals surface area contributed by atoms with Crippen LogP contribution in [0.1, 0.15) is 25.1 Å². The molecule has 0 aliphatic heterocycles. The van der Waals surface area contributed by atoms with Gasteiger partial charge >= 0.3 is 0 Å². The summed E-state index contributed by atoms with van der Waals surface area (Å²) >= 11 is 0. The third kappa shape index (κ3) is 3.95. The number of nitrogens with zero attached hydrogens (tertiary/aromatic N) is 3. The summed E-state index contributed by atoms with van der Waals surface area (Å²) < 4.78 is 8.98. The molecule has 0 aromatic carbocycles. The van der Waals surface area contributed by atoms with Crippen LogP contribution in [0.15, 0.2) is 37.1 Å². The Morgan fingerprint density at radius 2 is 2.19 bits per heavy atom. The molecule has 0 radical (unpaired) electrons. The second-order valence-electron chi connectivity index (χ2n) is 4.84. The summed E-state index contributed by atoms with van der Waals surface area (Å²) in [4.78, 5) is 16.4. The van der Waals surface area contributed by atoms with Crippen molar-refractivity contribution < 1.29 is 9.53 Å². The lowest BCUT2D eigenvalue weighted by atomic mass is 10.2. The van der Waals surface area contributed by atoms with Gasteiger partial charge in [0, 0.05) is 32.2 Å². The van der Waals surface area contributed by atoms with Crippen molar-refractivity contribution in [1.29, 1.82) is 0 Å². The standard InChI is InChI=1S/C15H22N4O2/c1-3-14(18-6-4-5-7-18)15(20)17-11-13-10-16-12-19(13)8-9-21-2/h4-7,10,12,14H,3,8-9,11H2,1-2H3,(H,17,20). The smallest absolute Gasteiger partial charge is 0.243 e. The van der Waals surface area contributed by atoms with Crippen LogP contribution < -0.4 is 5.32 Å². The van der Waals surface area contributed by atoms with E-state index in [0.717, 1.165) is 18.7 Å². The van der Waals surface area contributed by atoms with E-state index in [1.54, 1.807) is 19.6 Å². The van der Waals surface area contributed by atoms with Crippen molar-refractivity contribution in [2.75, 3.05) is 13.7 Å². The lowest BCUT2D eigenvalue weighted by Gasteiger charge is -2.17. The van der Waals surface area contributed by atoms with Gasteiger partial charge in [-0.05, 0) is 18.6 Å². The molecule has 2 rings (SSSR count). The number of aromatic nitrogens is 3. The van der Waals surface area contributed by atoms with Gasteiger partial charge in [-0.1, -0.05) is 6.92 Å². The normalized spacial score (nSPS) is 12.3. The zero-order chi connectivity index (χ0) is 15.1. The zero-order valence-corrected chi connectivity index (χ0v) is 12.5. The van der Waals surface area contributed by atoms with Gasteiger partial charge in [0.1, 0.15) is 6.04 Å². The highest BCUT2D eigenvalue weighted by Crippen LogP contribution is 2.12. The maximum Gasteiger partial charge on any atom is 0.243 e. The number of carbonyl (C=O) groups excluding carboxylic acids is 1. The minimum Gasteiger partial charge on any atom is -0.383 e. The Bertz CT molecular complexity index is 548. The highest BCUT2D eigenvalue weighted by molar-refractivity contribution is 5.80. The average molecular weight is 290 g/mol. The number of rotatable bonds is 8. The van der Waals surface area contributed by atoms with E-state index in [2.05, 4.69) is 10.3 Å². The molecule has 6 heteroatoms. The van der Waals surface area contributed by atoms with Crippen LogP contribution in [0.2, 0.25) is 0 Å². The first kappa shape index (κ1) is 15.3. The third-order valence-corrected chi connectivity index (χ3v) is 3.46. The van der Waals surface area contributed by atoms with E-state index >= 15 is 0 Å². The molecule has 0 aliphatic carbocycles. The quantitative estimate of drug-likeness (QED) is 0.803. The molecule has 2 aromatic rings. The predicted molar refractivity (Wildman–Crippen MR) is 79.7 cm³/mol. The van der Waals surface area contributed by atoms with Crippen LogP contribution in [0.5, 0.6) is 0 Å². The van der Waals surface area contributed by atoms with Crippen molar-refractivity contribution in [1.82, 2.24) is 19.4 Å². The minimum atomic E-state index is -0.171. The first-order valence-electron chi connectivity index (χ1n) is 7.14. The third-order valence-electron chi connectivity index (χ3n) is 3.46. The van der Waals surface area contributed by atoms with E-state index in [0.29, 0.717) is 13.2 Å². The second-order valence-corrected chi connectivity index (χ2v) is 4.84. The van der Waals surface area contributed by atoms with E-state index < -0.39 is 0 Å². The molecular formula is C15H22N4O2. The fraction of sp³-hybridized carbons (Fsp3) is 0.467. The highest BCUT2D eigenvalue weighted by atomic mass is 16.5. The number of nitrogens with one attached hydrogen (secondary N) is 1. The maximum atomic E-state index is 12.3. The number of hydrogen-bond acceptors (Lipinski definition) is 3. The Labute approximate surface area is 124 Å². The molecule has 1 unspecified atom stereocenters. The van der Waals surface area contributed by atoms with E-state index in [1.165, 1.54) is 0 Å². The molecule has 2 aromatic heterocycles. The van der Waals surface area contributed by atoms with Crippen molar-refractivity contribution in [2.24, 2.45) is 0 Å². The summed E-state index contributed by atoms with van der Waals surface area (Å²) in [6.45, 7) is 3.84. The molecule has 0 saturated carbocycles. The molecule has 1 atom stereocenters. The Morgan fingerprint density at radius 3 is 2.86 bits per heavy atom. The molecule has 0 bridgehead atoms. The van der Waals surface area contributed by atoms with Gasteiger partial charge in [0.2, 0.25) is 5.91 Å². The number of methoxy groups -OCH3 is 1. The molecule has 1 amide bonds. The lowest BCUT2D eigenvalue weighted by Crippen LogP contribution is -2.32. The van der Waals surface area contributed by atoms with Gasteiger partial charge in [0.25, 0.3) is 0 Å². The van der Waals surface area contributed by atoms with Crippen molar-refractivity contribution in [3.05, 3.63) is 42.7 Å². The Kier molecular flexibility index (Phi) is 5.57. The van der Waals surface area contributed by atoms with Gasteiger partial charge in [-0.15, -0.1) is 0 Å². The van der Waals surface area contributed by atoms with Crippen LogP contribution in [-0.2, 0) is 22.6 Å². The van der Waals surface area contributed by atoms with Crippen molar-refractivity contribution >= 4 is 5.91 Å². The summed E-state index contributed by atoms with van der Waals surface area (Å²) in [5.74, 6) is 0.0215. The van der Waals surface area contributed by atoms with E-state index in [9.17, 15) is 4.79 Å². The summed E-state index contributed by atoms with van der Waals surface area (Å²) in [6.07, 6.45) is 8.10. The lowest BCUT2D eigenvalue weighted by molar-refractivity contribution is -0.124. The number of amides is 1. The first-order valence-corrected chi connectivity index (χ1v) is 7.14. The Hall–Kier alpha value is -2.08. The molecule has 1 N–H and O–H groups in total. The fourth-order valence-corrected chi connectivity index (χ4v) is 2.27. The van der Waals surface area contributed by atoms with Crippen LogP contribution in [0.3, 0.4) is 0 Å². The average Bonchev–Trinajstić information content (AvgIpc) is 3.15. The predicted octanol–water partition coefficient (Wildman–Crippen LogP) is 1.60. The van der Waals surface area contributed by atoms with Crippen molar-refractivity contribution in [2.45, 2.75) is 32.5 Å².